The molecule has 3 nitrogen and oxygen atoms in total. The second-order valence-corrected chi connectivity index (χ2v) is 3.13. The van der Waals surface area contributed by atoms with E-state index in [4.69, 9.17) is 11.6 Å². The topological polar surface area (TPSA) is 60.6 Å². The number of benzene rings is 1. The van der Waals surface area contributed by atoms with E-state index in [1.807, 2.05) is 30.3 Å². The van der Waals surface area contributed by atoms with Crippen molar-refractivity contribution in [2.45, 2.75) is 12.3 Å². The Hall–Kier alpha value is -1.06. The van der Waals surface area contributed by atoms with E-state index in [9.17, 15) is 4.79 Å². The Morgan fingerprint density at radius 3 is 2.38 bits per heavy atom. The number of anilines is 1. The first-order valence-corrected chi connectivity index (χ1v) is 4.14. The fourth-order valence-corrected chi connectivity index (χ4v) is 0.818. The molecule has 1 unspecified atom stereocenters. The van der Waals surface area contributed by atoms with Gasteiger partial charge in [0.25, 0.3) is 0 Å². The molecule has 0 heterocycles. The molecule has 3 N–H and O–H groups in total. The number of rotatable bonds is 2. The van der Waals surface area contributed by atoms with Gasteiger partial charge in [-0.1, -0.05) is 18.2 Å². The van der Waals surface area contributed by atoms with E-state index in [1.165, 1.54) is 0 Å². The van der Waals surface area contributed by atoms with E-state index in [2.05, 4.69) is 5.32 Å². The number of hydrogen-bond acceptors (Lipinski definition) is 1. The maximum atomic E-state index is 11.1. The quantitative estimate of drug-likeness (QED) is 0.723. The van der Waals surface area contributed by atoms with Crippen LogP contribution in [0.1, 0.15) is 6.92 Å². The Balaban J connectivity index is 0.00000144. The van der Waals surface area contributed by atoms with E-state index in [1.54, 1.807) is 6.92 Å². The second kappa shape index (κ2) is 5.56. The lowest BCUT2D eigenvalue weighted by molar-refractivity contribution is -0.115. The number of hydrogen-bond donors (Lipinski definition) is 1. The molecule has 1 amide bonds. The van der Waals surface area contributed by atoms with Crippen LogP contribution in [0.5, 0.6) is 0 Å². The van der Waals surface area contributed by atoms with Gasteiger partial charge >= 0.3 is 0 Å². The smallest absolute Gasteiger partial charge is 0.242 e. The minimum atomic E-state index is -0.495. The number of carbonyl (C=O) groups excluding carboxylic acids is 1. The van der Waals surface area contributed by atoms with Crippen molar-refractivity contribution in [2.24, 2.45) is 0 Å². The average molecular weight is 202 g/mol. The fraction of sp³-hybridized carbons (Fsp3) is 0.222. The van der Waals surface area contributed by atoms with Gasteiger partial charge in [0, 0.05) is 5.69 Å². The van der Waals surface area contributed by atoms with Crippen LogP contribution < -0.4 is 5.32 Å². The van der Waals surface area contributed by atoms with E-state index in [0.717, 1.165) is 5.69 Å². The van der Waals surface area contributed by atoms with Crippen molar-refractivity contribution in [3.63, 3.8) is 0 Å². The third-order valence-electron chi connectivity index (χ3n) is 1.40. The van der Waals surface area contributed by atoms with Crippen LogP contribution in [0, 0.1) is 0 Å². The minimum absolute atomic E-state index is 0. The number of alkyl halides is 1. The third-order valence-corrected chi connectivity index (χ3v) is 1.60. The molecule has 0 bridgehead atoms. The van der Waals surface area contributed by atoms with Gasteiger partial charge in [-0.15, -0.1) is 11.6 Å². The summed E-state index contributed by atoms with van der Waals surface area (Å²) in [5.74, 6) is -0.178. The monoisotopic (exact) mass is 201 g/mol. The normalized spacial score (nSPS) is 11.2. The van der Waals surface area contributed by atoms with Crippen molar-refractivity contribution in [1.29, 1.82) is 0 Å². The first-order valence-electron chi connectivity index (χ1n) is 3.70. The van der Waals surface area contributed by atoms with E-state index < -0.39 is 5.38 Å². The zero-order valence-corrected chi connectivity index (χ0v) is 8.01. The van der Waals surface area contributed by atoms with Gasteiger partial charge in [-0.3, -0.25) is 4.79 Å². The Labute approximate surface area is 82.0 Å². The highest BCUT2D eigenvalue weighted by atomic mass is 35.5. The molecular weight excluding hydrogens is 190 g/mol. The van der Waals surface area contributed by atoms with Crippen molar-refractivity contribution < 1.29 is 10.3 Å². The van der Waals surface area contributed by atoms with Crippen LogP contribution >= 0.6 is 11.6 Å². The van der Waals surface area contributed by atoms with Crippen LogP contribution in [0.4, 0.5) is 5.69 Å². The summed E-state index contributed by atoms with van der Waals surface area (Å²) in [5, 5.41) is 2.18. The van der Waals surface area contributed by atoms with Crippen LogP contribution in [0.25, 0.3) is 0 Å². The molecule has 72 valence electrons. The van der Waals surface area contributed by atoms with E-state index in [0.29, 0.717) is 0 Å². The lowest BCUT2D eigenvalue weighted by Crippen LogP contribution is -2.20. The number of carbonyl (C=O) groups is 1. The lowest BCUT2D eigenvalue weighted by atomic mass is 10.3. The molecule has 0 fully saturated rings. The lowest BCUT2D eigenvalue weighted by Gasteiger charge is -2.04. The van der Waals surface area contributed by atoms with Crippen LogP contribution in [0.2, 0.25) is 0 Å². The zero-order chi connectivity index (χ0) is 8.97. The maximum Gasteiger partial charge on any atom is 0.242 e. The molecule has 0 aliphatic rings. The summed E-state index contributed by atoms with van der Waals surface area (Å²) in [6.07, 6.45) is 0. The molecule has 0 aliphatic carbocycles. The van der Waals surface area contributed by atoms with Gasteiger partial charge in [-0.25, -0.2) is 0 Å². The first kappa shape index (κ1) is 11.9. The van der Waals surface area contributed by atoms with Crippen LogP contribution in [-0.4, -0.2) is 16.8 Å². The summed E-state index contributed by atoms with van der Waals surface area (Å²) < 4.78 is 0. The van der Waals surface area contributed by atoms with Crippen LogP contribution in [-0.2, 0) is 4.79 Å². The van der Waals surface area contributed by atoms with Gasteiger partial charge in [-0.05, 0) is 19.1 Å². The van der Waals surface area contributed by atoms with Gasteiger partial charge < -0.3 is 10.8 Å². The molecular formula is C9H12ClNO2. The highest BCUT2D eigenvalue weighted by molar-refractivity contribution is 6.32. The third kappa shape index (κ3) is 3.92. The van der Waals surface area contributed by atoms with Crippen molar-refractivity contribution in [3.8, 4) is 0 Å². The summed E-state index contributed by atoms with van der Waals surface area (Å²) >= 11 is 5.57. The van der Waals surface area contributed by atoms with E-state index >= 15 is 0 Å². The maximum absolute atomic E-state index is 11.1. The molecule has 4 heteroatoms. The molecule has 0 saturated carbocycles. The number of para-hydroxylation sites is 1. The fourth-order valence-electron chi connectivity index (χ4n) is 0.763. The predicted octanol–water partition coefficient (Wildman–Crippen LogP) is 1.43. The molecule has 0 aliphatic heterocycles. The zero-order valence-electron chi connectivity index (χ0n) is 7.25. The summed E-state index contributed by atoms with van der Waals surface area (Å²) in [6, 6.07) is 9.23. The minimum Gasteiger partial charge on any atom is -0.412 e. The number of halogens is 1. The largest absolute Gasteiger partial charge is 0.412 e. The standard InChI is InChI=1S/C9H10ClNO.H2O/c1-7(10)9(12)11-8-5-3-2-4-6-8;/h2-7H,1H3,(H,11,12);1H2. The summed E-state index contributed by atoms with van der Waals surface area (Å²) in [4.78, 5) is 11.1. The molecule has 0 radical (unpaired) electrons. The Morgan fingerprint density at radius 2 is 1.92 bits per heavy atom. The summed E-state index contributed by atoms with van der Waals surface area (Å²) in [7, 11) is 0. The molecule has 1 rings (SSSR count). The summed E-state index contributed by atoms with van der Waals surface area (Å²) in [5.41, 5.74) is 0.773. The van der Waals surface area contributed by atoms with E-state index in [-0.39, 0.29) is 11.4 Å². The summed E-state index contributed by atoms with van der Waals surface area (Å²) in [6.45, 7) is 1.64. The predicted molar refractivity (Wildman–Crippen MR) is 54.0 cm³/mol. The Kier molecular flexibility index (Phi) is 5.11. The molecule has 13 heavy (non-hydrogen) atoms. The highest BCUT2D eigenvalue weighted by Gasteiger charge is 2.07. The Bertz CT molecular complexity index is 262. The van der Waals surface area contributed by atoms with Crippen molar-refractivity contribution >= 4 is 23.2 Å². The van der Waals surface area contributed by atoms with Crippen LogP contribution in [0.15, 0.2) is 30.3 Å². The van der Waals surface area contributed by atoms with Crippen molar-refractivity contribution in [1.82, 2.24) is 0 Å². The SMILES string of the molecule is CC(Cl)C(=O)Nc1ccccc1.O. The molecule has 0 spiro atoms. The van der Waals surface area contributed by atoms with Crippen molar-refractivity contribution in [3.05, 3.63) is 30.3 Å². The van der Waals surface area contributed by atoms with Crippen molar-refractivity contribution in [2.75, 3.05) is 5.32 Å². The Morgan fingerprint density at radius 1 is 1.38 bits per heavy atom. The van der Waals surface area contributed by atoms with Gasteiger partial charge in [0.1, 0.15) is 5.38 Å². The van der Waals surface area contributed by atoms with Crippen LogP contribution in [0.3, 0.4) is 0 Å². The number of amides is 1. The van der Waals surface area contributed by atoms with Gasteiger partial charge in [0.05, 0.1) is 0 Å². The van der Waals surface area contributed by atoms with Gasteiger partial charge in [0.15, 0.2) is 0 Å². The average Bonchev–Trinajstić information content (AvgIpc) is 2.06. The molecule has 1 atom stereocenters. The molecule has 0 aromatic heterocycles. The van der Waals surface area contributed by atoms with Gasteiger partial charge in [-0.2, -0.15) is 0 Å². The first-order chi connectivity index (χ1) is 5.70. The second-order valence-electron chi connectivity index (χ2n) is 2.47. The highest BCUT2D eigenvalue weighted by Crippen LogP contribution is 2.06. The molecule has 1 aromatic rings. The van der Waals surface area contributed by atoms with Gasteiger partial charge in [0.2, 0.25) is 5.91 Å². The molecule has 1 aromatic carbocycles. The number of nitrogens with one attached hydrogen (secondary N) is 1. The molecule has 0 saturated heterocycles.